The average Bonchev–Trinajstić information content (AvgIpc) is 2.35. The van der Waals surface area contributed by atoms with Crippen LogP contribution in [0.25, 0.3) is 0 Å². The zero-order valence-electron chi connectivity index (χ0n) is 11.3. The predicted octanol–water partition coefficient (Wildman–Crippen LogP) is 3.80. The first kappa shape index (κ1) is 13.7. The summed E-state index contributed by atoms with van der Waals surface area (Å²) in [6.07, 6.45) is 0. The van der Waals surface area contributed by atoms with Gasteiger partial charge in [-0.15, -0.1) is 0 Å². The largest absolute Gasteiger partial charge is 0.318 e. The number of nitrogens with two attached hydrogens (primary N) is 1. The Morgan fingerprint density at radius 1 is 0.947 bits per heavy atom. The third-order valence-electron chi connectivity index (χ3n) is 3.53. The highest BCUT2D eigenvalue weighted by Crippen LogP contribution is 2.30. The fourth-order valence-electron chi connectivity index (χ4n) is 2.23. The van der Waals surface area contributed by atoms with Gasteiger partial charge < -0.3 is 5.73 Å². The minimum atomic E-state index is -0.930. The monoisotopic (exact) mass is 261 g/mol. The number of benzene rings is 2. The Morgan fingerprint density at radius 3 is 2.21 bits per heavy atom. The summed E-state index contributed by atoms with van der Waals surface area (Å²) >= 11 is 0. The van der Waals surface area contributed by atoms with Crippen LogP contribution in [-0.2, 0) is 5.54 Å². The van der Waals surface area contributed by atoms with Crippen LogP contribution in [0, 0.1) is 25.5 Å². The van der Waals surface area contributed by atoms with E-state index >= 15 is 0 Å². The topological polar surface area (TPSA) is 26.0 Å². The summed E-state index contributed by atoms with van der Waals surface area (Å²) in [6, 6.07) is 9.37. The van der Waals surface area contributed by atoms with Crippen molar-refractivity contribution in [2.24, 2.45) is 5.73 Å². The van der Waals surface area contributed by atoms with E-state index in [9.17, 15) is 8.78 Å². The summed E-state index contributed by atoms with van der Waals surface area (Å²) in [5.41, 5.74) is 8.12. The minimum absolute atomic E-state index is 0.303. The predicted molar refractivity (Wildman–Crippen MR) is 72.9 cm³/mol. The van der Waals surface area contributed by atoms with Crippen molar-refractivity contribution in [1.82, 2.24) is 0 Å². The van der Waals surface area contributed by atoms with E-state index in [0.29, 0.717) is 16.7 Å². The van der Waals surface area contributed by atoms with Crippen molar-refractivity contribution < 1.29 is 8.78 Å². The molecule has 2 rings (SSSR count). The molecule has 0 fully saturated rings. The van der Waals surface area contributed by atoms with Crippen molar-refractivity contribution >= 4 is 0 Å². The maximum atomic E-state index is 13.7. The van der Waals surface area contributed by atoms with Crippen LogP contribution in [0.5, 0.6) is 0 Å². The van der Waals surface area contributed by atoms with Gasteiger partial charge >= 0.3 is 0 Å². The van der Waals surface area contributed by atoms with E-state index < -0.39 is 5.54 Å². The molecule has 0 spiro atoms. The Balaban J connectivity index is 2.57. The molecule has 1 nitrogen and oxygen atoms in total. The minimum Gasteiger partial charge on any atom is -0.318 e. The maximum Gasteiger partial charge on any atom is 0.126 e. The molecular formula is C16H17F2N. The summed E-state index contributed by atoms with van der Waals surface area (Å²) in [5, 5.41) is 0. The lowest BCUT2D eigenvalue weighted by Gasteiger charge is -2.28. The molecule has 2 N–H and O–H groups in total. The van der Waals surface area contributed by atoms with E-state index in [4.69, 9.17) is 5.73 Å². The van der Waals surface area contributed by atoms with Gasteiger partial charge in [-0.2, -0.15) is 0 Å². The fourth-order valence-corrected chi connectivity index (χ4v) is 2.23. The zero-order chi connectivity index (χ0) is 14.2. The molecule has 0 heterocycles. The molecule has 0 radical (unpaired) electrons. The quantitative estimate of drug-likeness (QED) is 0.874. The second kappa shape index (κ2) is 4.74. The molecule has 1 atom stereocenters. The number of aryl methyl sites for hydroxylation is 2. The van der Waals surface area contributed by atoms with Crippen LogP contribution in [0.1, 0.15) is 29.2 Å². The summed E-state index contributed by atoms with van der Waals surface area (Å²) in [6.45, 7) is 5.32. The molecule has 19 heavy (non-hydrogen) atoms. The fraction of sp³-hybridized carbons (Fsp3) is 0.250. The van der Waals surface area contributed by atoms with Crippen LogP contribution < -0.4 is 5.73 Å². The van der Waals surface area contributed by atoms with Crippen molar-refractivity contribution in [3.05, 3.63) is 70.3 Å². The van der Waals surface area contributed by atoms with Crippen molar-refractivity contribution in [2.75, 3.05) is 0 Å². The van der Waals surface area contributed by atoms with Crippen LogP contribution in [0.3, 0.4) is 0 Å². The second-order valence-corrected chi connectivity index (χ2v) is 5.13. The molecule has 0 bridgehead atoms. The Hall–Kier alpha value is -1.74. The second-order valence-electron chi connectivity index (χ2n) is 5.13. The van der Waals surface area contributed by atoms with Crippen LogP contribution in [-0.4, -0.2) is 0 Å². The number of rotatable bonds is 2. The van der Waals surface area contributed by atoms with Gasteiger partial charge in [-0.1, -0.05) is 18.2 Å². The Morgan fingerprint density at radius 2 is 1.58 bits per heavy atom. The molecule has 2 aromatic rings. The van der Waals surface area contributed by atoms with Gasteiger partial charge in [0.15, 0.2) is 0 Å². The summed E-state index contributed by atoms with van der Waals surface area (Å²) in [4.78, 5) is 0. The van der Waals surface area contributed by atoms with E-state index in [2.05, 4.69) is 0 Å². The standard InChI is InChI=1S/C16H17F2N/c1-10-5-7-13(17)9-14(10)16(3,19)12-6-4-11(2)15(18)8-12/h4-9H,19H2,1-3H3. The first-order valence-electron chi connectivity index (χ1n) is 6.14. The lowest BCUT2D eigenvalue weighted by molar-refractivity contribution is 0.564. The number of halogens is 2. The van der Waals surface area contributed by atoms with Gasteiger partial charge in [0.1, 0.15) is 11.6 Å². The SMILES string of the molecule is Cc1ccc(C(C)(N)c2cc(F)ccc2C)cc1F. The lowest BCUT2D eigenvalue weighted by atomic mass is 9.83. The van der Waals surface area contributed by atoms with E-state index in [1.165, 1.54) is 18.2 Å². The molecular weight excluding hydrogens is 244 g/mol. The average molecular weight is 261 g/mol. The highest BCUT2D eigenvalue weighted by atomic mass is 19.1. The Labute approximate surface area is 112 Å². The number of hydrogen-bond donors (Lipinski definition) is 1. The van der Waals surface area contributed by atoms with Crippen LogP contribution in [0.4, 0.5) is 8.78 Å². The van der Waals surface area contributed by atoms with E-state index in [-0.39, 0.29) is 11.6 Å². The molecule has 3 heteroatoms. The van der Waals surface area contributed by atoms with E-state index in [1.54, 1.807) is 32.0 Å². The molecule has 100 valence electrons. The van der Waals surface area contributed by atoms with Gasteiger partial charge in [0, 0.05) is 0 Å². The summed E-state index contributed by atoms with van der Waals surface area (Å²) < 4.78 is 27.1. The normalized spacial score (nSPS) is 14.2. The lowest BCUT2D eigenvalue weighted by Crippen LogP contribution is -2.35. The van der Waals surface area contributed by atoms with E-state index in [0.717, 1.165) is 5.56 Å². The molecule has 0 amide bonds. The van der Waals surface area contributed by atoms with Crippen LogP contribution in [0.15, 0.2) is 36.4 Å². The third-order valence-corrected chi connectivity index (χ3v) is 3.53. The Kier molecular flexibility index (Phi) is 3.42. The van der Waals surface area contributed by atoms with Crippen molar-refractivity contribution in [3.63, 3.8) is 0 Å². The van der Waals surface area contributed by atoms with Gasteiger partial charge in [0.2, 0.25) is 0 Å². The van der Waals surface area contributed by atoms with Gasteiger partial charge in [-0.25, -0.2) is 8.78 Å². The molecule has 0 aliphatic rings. The first-order valence-corrected chi connectivity index (χ1v) is 6.14. The smallest absolute Gasteiger partial charge is 0.126 e. The van der Waals surface area contributed by atoms with Crippen molar-refractivity contribution in [1.29, 1.82) is 0 Å². The van der Waals surface area contributed by atoms with Crippen LogP contribution in [0.2, 0.25) is 0 Å². The Bertz CT molecular complexity index is 618. The summed E-state index contributed by atoms with van der Waals surface area (Å²) in [5.74, 6) is -0.645. The van der Waals surface area contributed by atoms with Gasteiger partial charge in [-0.3, -0.25) is 0 Å². The zero-order valence-corrected chi connectivity index (χ0v) is 11.3. The van der Waals surface area contributed by atoms with E-state index in [1.807, 2.05) is 6.92 Å². The maximum absolute atomic E-state index is 13.7. The van der Waals surface area contributed by atoms with Crippen molar-refractivity contribution in [3.8, 4) is 0 Å². The van der Waals surface area contributed by atoms with Gasteiger partial charge in [-0.05, 0) is 61.2 Å². The van der Waals surface area contributed by atoms with Gasteiger partial charge in [0.05, 0.1) is 5.54 Å². The molecule has 1 unspecified atom stereocenters. The van der Waals surface area contributed by atoms with Gasteiger partial charge in [0.25, 0.3) is 0 Å². The van der Waals surface area contributed by atoms with Crippen LogP contribution >= 0.6 is 0 Å². The number of hydrogen-bond acceptors (Lipinski definition) is 1. The summed E-state index contributed by atoms with van der Waals surface area (Å²) in [7, 11) is 0. The molecule has 0 aliphatic heterocycles. The molecule has 0 aliphatic carbocycles. The molecule has 0 saturated carbocycles. The highest BCUT2D eigenvalue weighted by molar-refractivity contribution is 5.42. The third kappa shape index (κ3) is 2.51. The molecule has 0 aromatic heterocycles. The molecule has 2 aromatic carbocycles. The molecule has 0 saturated heterocycles. The first-order chi connectivity index (χ1) is 8.82. The van der Waals surface area contributed by atoms with Crippen molar-refractivity contribution in [2.45, 2.75) is 26.3 Å². The highest BCUT2D eigenvalue weighted by Gasteiger charge is 2.26.